The molecule has 0 saturated heterocycles. The summed E-state index contributed by atoms with van der Waals surface area (Å²) in [4.78, 5) is 53.5. The molecule has 4 rings (SSSR count). The maximum Gasteiger partial charge on any atom is 0.312 e. The summed E-state index contributed by atoms with van der Waals surface area (Å²) in [6.07, 6.45) is 12.3. The van der Waals surface area contributed by atoms with Crippen LogP contribution in [0.5, 0.6) is 0 Å². The third-order valence-electron chi connectivity index (χ3n) is 13.9. The zero-order valence-corrected chi connectivity index (χ0v) is 32.0. The minimum atomic E-state index is -1.06. The van der Waals surface area contributed by atoms with Gasteiger partial charge in [0.15, 0.2) is 0 Å². The Bertz CT molecular complexity index is 1170. The highest BCUT2D eigenvalue weighted by molar-refractivity contribution is 5.80. The minimum absolute atomic E-state index is 0. The molecular weight excluding hydrogens is 620 g/mol. The van der Waals surface area contributed by atoms with E-state index in [1.807, 2.05) is 20.8 Å². The van der Waals surface area contributed by atoms with E-state index in [1.54, 1.807) is 20.8 Å². The lowest BCUT2D eigenvalue weighted by molar-refractivity contribution is -0.171. The number of carboxylic acid groups (broad SMARTS) is 1. The van der Waals surface area contributed by atoms with Crippen molar-refractivity contribution in [2.45, 2.75) is 158 Å². The van der Waals surface area contributed by atoms with Crippen molar-refractivity contribution in [3.05, 3.63) is 0 Å². The van der Waals surface area contributed by atoms with Crippen molar-refractivity contribution in [3.63, 3.8) is 0 Å². The van der Waals surface area contributed by atoms with Gasteiger partial charge in [0, 0.05) is 1.43 Å². The van der Waals surface area contributed by atoms with Crippen LogP contribution in [-0.2, 0) is 33.4 Å². The molecule has 0 radical (unpaired) electrons. The Kier molecular flexibility index (Phi) is 13.3. The van der Waals surface area contributed by atoms with Gasteiger partial charge in [-0.05, 0) is 153 Å². The molecule has 0 amide bonds. The van der Waals surface area contributed by atoms with Crippen molar-refractivity contribution in [1.29, 1.82) is 0 Å². The predicted molar refractivity (Wildman–Crippen MR) is 191 cm³/mol. The quantitative estimate of drug-likeness (QED) is 0.0720. The van der Waals surface area contributed by atoms with E-state index in [0.29, 0.717) is 49.5 Å². The number of rotatable bonds is 21. The van der Waals surface area contributed by atoms with E-state index in [9.17, 15) is 24.3 Å². The molecule has 0 aliphatic heterocycles. The normalized spacial score (nSPS) is 30.6. The minimum Gasteiger partial charge on any atom is -0.481 e. The Balaban J connectivity index is 0.00000676. The SMILES string of the molecule is CCCCC(CC)COC(=O)C(C)(CC)CCC(C)(CC(CCC(C)(C)C(=O)O)C(=O)OCC)C(=O)OC1CC2CC1C1C3CCC(C3)C21.[HH]. The molecule has 11 atom stereocenters. The number of carbonyl (C=O) groups excluding carboxylic acids is 3. The average molecular weight is 691 g/mol. The summed E-state index contributed by atoms with van der Waals surface area (Å²) in [7, 11) is 0. The van der Waals surface area contributed by atoms with Gasteiger partial charge >= 0.3 is 23.9 Å². The number of unbranched alkanes of at least 4 members (excludes halogenated alkanes) is 1. The van der Waals surface area contributed by atoms with Gasteiger partial charge in [0.2, 0.25) is 0 Å². The van der Waals surface area contributed by atoms with Crippen LogP contribution in [0.1, 0.15) is 153 Å². The van der Waals surface area contributed by atoms with Crippen molar-refractivity contribution in [1.82, 2.24) is 0 Å². The Morgan fingerprint density at radius 3 is 2.08 bits per heavy atom. The van der Waals surface area contributed by atoms with Gasteiger partial charge in [-0.25, -0.2) is 0 Å². The summed E-state index contributed by atoms with van der Waals surface area (Å²) in [6.45, 7) is 15.8. The van der Waals surface area contributed by atoms with Crippen molar-refractivity contribution in [3.8, 4) is 0 Å². The Hall–Kier alpha value is -2.12. The highest BCUT2D eigenvalue weighted by atomic mass is 16.5. The lowest BCUT2D eigenvalue weighted by Gasteiger charge is -2.40. The fourth-order valence-electron chi connectivity index (χ4n) is 10.2. The molecule has 4 aliphatic carbocycles. The molecule has 4 saturated carbocycles. The molecule has 0 heterocycles. The second-order valence-corrected chi connectivity index (χ2v) is 17.7. The van der Waals surface area contributed by atoms with Gasteiger partial charge in [-0.3, -0.25) is 19.2 Å². The van der Waals surface area contributed by atoms with E-state index in [2.05, 4.69) is 13.8 Å². The lowest BCUT2D eigenvalue weighted by Crippen LogP contribution is -2.42. The molecule has 4 aliphatic rings. The van der Waals surface area contributed by atoms with Crippen molar-refractivity contribution in [2.24, 2.45) is 63.6 Å². The first-order chi connectivity index (χ1) is 23.1. The third kappa shape index (κ3) is 8.86. The molecule has 8 nitrogen and oxygen atoms in total. The standard InChI is InChI=1S/C41H68O8.H2/c1-9-13-14-26(10-2)25-48-37(45)40(7,11-3)19-20-41(8,24-29(35(42)47-12-4)17-18-39(5,6)36(43)44)38(46)49-32-23-30-22-31(32)34-28-16-15-27(21-28)33(30)34;/h26-34H,9-25H2,1-8H3,(H,43,44);1H. The van der Waals surface area contributed by atoms with Gasteiger partial charge in [-0.2, -0.15) is 0 Å². The highest BCUT2D eigenvalue weighted by Gasteiger charge is 2.63. The average Bonchev–Trinajstić information content (AvgIpc) is 3.87. The topological polar surface area (TPSA) is 116 Å². The monoisotopic (exact) mass is 691 g/mol. The van der Waals surface area contributed by atoms with Crippen LogP contribution in [0.2, 0.25) is 0 Å². The molecule has 49 heavy (non-hydrogen) atoms. The molecule has 1 N–H and O–H groups in total. The molecular formula is C41H70O8. The van der Waals surface area contributed by atoms with Gasteiger partial charge in [0.1, 0.15) is 6.10 Å². The summed E-state index contributed by atoms with van der Waals surface area (Å²) in [5.74, 6) is 1.97. The second kappa shape index (κ2) is 16.5. The molecule has 4 fully saturated rings. The number of aliphatic carboxylic acids is 1. The second-order valence-electron chi connectivity index (χ2n) is 17.7. The number of fused-ring (bicyclic) bond motifs is 9. The van der Waals surface area contributed by atoms with Crippen LogP contribution in [0, 0.1) is 63.6 Å². The van der Waals surface area contributed by atoms with Crippen LogP contribution in [0.15, 0.2) is 0 Å². The van der Waals surface area contributed by atoms with Crippen molar-refractivity contribution >= 4 is 23.9 Å². The number of carbonyl (C=O) groups is 4. The van der Waals surface area contributed by atoms with Crippen LogP contribution in [0.3, 0.4) is 0 Å². The van der Waals surface area contributed by atoms with Crippen LogP contribution in [0.4, 0.5) is 0 Å². The molecule has 0 aromatic heterocycles. The van der Waals surface area contributed by atoms with Gasteiger partial charge < -0.3 is 19.3 Å². The van der Waals surface area contributed by atoms with E-state index in [-0.39, 0.29) is 45.3 Å². The zero-order chi connectivity index (χ0) is 36.1. The van der Waals surface area contributed by atoms with Crippen LogP contribution in [-0.4, -0.2) is 48.3 Å². The van der Waals surface area contributed by atoms with Crippen molar-refractivity contribution < 1.29 is 39.9 Å². The van der Waals surface area contributed by atoms with E-state index in [0.717, 1.165) is 56.3 Å². The fraction of sp³-hybridized carbons (Fsp3) is 0.902. The maximum atomic E-state index is 14.5. The third-order valence-corrected chi connectivity index (χ3v) is 13.9. The maximum absolute atomic E-state index is 14.5. The number of hydrogen-bond acceptors (Lipinski definition) is 7. The van der Waals surface area contributed by atoms with Crippen molar-refractivity contribution in [2.75, 3.05) is 13.2 Å². The Morgan fingerprint density at radius 1 is 0.796 bits per heavy atom. The van der Waals surface area contributed by atoms with Gasteiger partial charge in [0.05, 0.1) is 35.4 Å². The summed E-state index contributed by atoms with van der Waals surface area (Å²) in [5, 5.41) is 9.79. The molecule has 11 unspecified atom stereocenters. The first kappa shape index (κ1) is 39.7. The largest absolute Gasteiger partial charge is 0.481 e. The molecule has 8 heteroatoms. The number of esters is 3. The van der Waals surface area contributed by atoms with Crippen LogP contribution in [0.25, 0.3) is 0 Å². The molecule has 0 aromatic carbocycles. The first-order valence-electron chi connectivity index (χ1n) is 19.9. The molecule has 0 aromatic rings. The summed E-state index contributed by atoms with van der Waals surface area (Å²) < 4.78 is 18.0. The Morgan fingerprint density at radius 2 is 1.47 bits per heavy atom. The van der Waals surface area contributed by atoms with Gasteiger partial charge in [-0.15, -0.1) is 0 Å². The molecule has 4 bridgehead atoms. The predicted octanol–water partition coefficient (Wildman–Crippen LogP) is 9.27. The lowest BCUT2D eigenvalue weighted by atomic mass is 9.69. The number of hydrogen-bond donors (Lipinski definition) is 1. The van der Waals surface area contributed by atoms with Crippen LogP contribution < -0.4 is 0 Å². The zero-order valence-electron chi connectivity index (χ0n) is 32.0. The summed E-state index contributed by atoms with van der Waals surface area (Å²) in [6, 6.07) is 0. The number of ether oxygens (including phenoxy) is 3. The number of carboxylic acids is 1. The molecule has 0 spiro atoms. The van der Waals surface area contributed by atoms with Gasteiger partial charge in [-0.1, -0.05) is 40.0 Å². The van der Waals surface area contributed by atoms with E-state index < -0.39 is 34.1 Å². The summed E-state index contributed by atoms with van der Waals surface area (Å²) in [5.41, 5.74) is -2.89. The summed E-state index contributed by atoms with van der Waals surface area (Å²) >= 11 is 0. The fourth-order valence-corrected chi connectivity index (χ4v) is 10.2. The smallest absolute Gasteiger partial charge is 0.312 e. The van der Waals surface area contributed by atoms with E-state index in [1.165, 1.54) is 19.3 Å². The Labute approximate surface area is 298 Å². The van der Waals surface area contributed by atoms with E-state index >= 15 is 0 Å². The molecule has 282 valence electrons. The van der Waals surface area contributed by atoms with Gasteiger partial charge in [0.25, 0.3) is 0 Å². The highest BCUT2D eigenvalue weighted by Crippen LogP contribution is 2.68. The van der Waals surface area contributed by atoms with E-state index in [4.69, 9.17) is 14.2 Å². The first-order valence-corrected chi connectivity index (χ1v) is 19.9. The van der Waals surface area contributed by atoms with Crippen LogP contribution >= 0.6 is 0 Å².